The first-order valence-electron chi connectivity index (χ1n) is 6.25. The van der Waals surface area contributed by atoms with Gasteiger partial charge >= 0.3 is 0 Å². The van der Waals surface area contributed by atoms with Crippen molar-refractivity contribution >= 4 is 17.2 Å². The number of hydrogen-bond donors (Lipinski definition) is 1. The topological polar surface area (TPSA) is 69.1 Å². The lowest BCUT2D eigenvalue weighted by molar-refractivity contribution is -0.116. The Balaban J connectivity index is 2.15. The molecule has 90 valence electrons. The summed E-state index contributed by atoms with van der Waals surface area (Å²) in [5.41, 5.74) is 8.86. The van der Waals surface area contributed by atoms with Crippen LogP contribution in [0.2, 0.25) is 0 Å². The van der Waals surface area contributed by atoms with E-state index in [-0.39, 0.29) is 11.7 Å². The van der Waals surface area contributed by atoms with Crippen LogP contribution in [0.5, 0.6) is 0 Å². The van der Waals surface area contributed by atoms with E-state index < -0.39 is 0 Å². The number of carbonyl (C=O) groups is 1. The standard InChI is InChI=1S/C13H16N2O2/c1-2-4-7-10-8(5-3-6-9(10)16)12-11(7)13(14)15-17-12/h7H,2-6H2,1H3,(H2,14,15)/t7-/m0/s1. The van der Waals surface area contributed by atoms with Gasteiger partial charge in [0.05, 0.1) is 5.56 Å². The molecule has 17 heavy (non-hydrogen) atoms. The zero-order chi connectivity index (χ0) is 12.0. The highest BCUT2D eigenvalue weighted by Crippen LogP contribution is 2.50. The maximum absolute atomic E-state index is 12.1. The summed E-state index contributed by atoms with van der Waals surface area (Å²) in [4.78, 5) is 12.1. The Hall–Kier alpha value is -1.58. The highest BCUT2D eigenvalue weighted by atomic mass is 16.5. The first kappa shape index (κ1) is 10.6. The van der Waals surface area contributed by atoms with Crippen molar-refractivity contribution in [1.29, 1.82) is 0 Å². The van der Waals surface area contributed by atoms with Crippen LogP contribution in [-0.2, 0) is 4.79 Å². The smallest absolute Gasteiger partial charge is 0.171 e. The highest BCUT2D eigenvalue weighted by molar-refractivity contribution is 6.07. The van der Waals surface area contributed by atoms with Gasteiger partial charge in [-0.05, 0) is 19.3 Å². The second-order valence-electron chi connectivity index (χ2n) is 4.82. The molecule has 1 aromatic heterocycles. The summed E-state index contributed by atoms with van der Waals surface area (Å²) >= 11 is 0. The lowest BCUT2D eigenvalue weighted by Crippen LogP contribution is -2.13. The summed E-state index contributed by atoms with van der Waals surface area (Å²) < 4.78 is 5.32. The van der Waals surface area contributed by atoms with Gasteiger partial charge in [-0.1, -0.05) is 18.5 Å². The van der Waals surface area contributed by atoms with Crippen molar-refractivity contribution < 1.29 is 9.32 Å². The summed E-state index contributed by atoms with van der Waals surface area (Å²) in [6, 6.07) is 0. The van der Waals surface area contributed by atoms with Crippen LogP contribution in [0.1, 0.15) is 56.3 Å². The van der Waals surface area contributed by atoms with E-state index in [0.29, 0.717) is 12.2 Å². The van der Waals surface area contributed by atoms with E-state index in [4.69, 9.17) is 10.3 Å². The Morgan fingerprint density at radius 2 is 2.29 bits per heavy atom. The van der Waals surface area contributed by atoms with Crippen LogP contribution >= 0.6 is 0 Å². The summed E-state index contributed by atoms with van der Waals surface area (Å²) in [7, 11) is 0. The van der Waals surface area contributed by atoms with Crippen molar-refractivity contribution in [2.75, 3.05) is 5.73 Å². The molecule has 4 heteroatoms. The summed E-state index contributed by atoms with van der Waals surface area (Å²) in [6.45, 7) is 2.12. The first-order chi connectivity index (χ1) is 8.24. The Morgan fingerprint density at radius 1 is 1.47 bits per heavy atom. The molecule has 4 nitrogen and oxygen atoms in total. The van der Waals surface area contributed by atoms with E-state index in [1.807, 2.05) is 0 Å². The van der Waals surface area contributed by atoms with Crippen LogP contribution in [0.4, 0.5) is 5.82 Å². The van der Waals surface area contributed by atoms with Gasteiger partial charge in [0.15, 0.2) is 17.4 Å². The summed E-state index contributed by atoms with van der Waals surface area (Å²) in [6.07, 6.45) is 4.47. The van der Waals surface area contributed by atoms with E-state index in [1.165, 1.54) is 0 Å². The number of carbonyl (C=O) groups excluding carboxylic acids is 1. The molecule has 2 aliphatic rings. The SMILES string of the molecule is CCC[C@H]1C2=C(CCCC2=O)c2onc(N)c21. The lowest BCUT2D eigenvalue weighted by Gasteiger charge is -2.18. The summed E-state index contributed by atoms with van der Waals surface area (Å²) in [5, 5.41) is 3.84. The van der Waals surface area contributed by atoms with Gasteiger partial charge in [-0.3, -0.25) is 4.79 Å². The molecule has 1 atom stereocenters. The fourth-order valence-electron chi connectivity index (χ4n) is 3.09. The van der Waals surface area contributed by atoms with Crippen molar-refractivity contribution in [3.05, 3.63) is 16.9 Å². The molecule has 0 fully saturated rings. The number of hydrogen-bond acceptors (Lipinski definition) is 4. The normalized spacial score (nSPS) is 22.9. The molecule has 1 aromatic rings. The van der Waals surface area contributed by atoms with Crippen molar-refractivity contribution in [2.45, 2.75) is 44.9 Å². The zero-order valence-electron chi connectivity index (χ0n) is 9.95. The molecule has 0 saturated carbocycles. The monoisotopic (exact) mass is 232 g/mol. The van der Waals surface area contributed by atoms with Crippen molar-refractivity contribution in [3.8, 4) is 0 Å². The predicted octanol–water partition coefficient (Wildman–Crippen LogP) is 2.66. The largest absolute Gasteiger partial charge is 0.381 e. The number of anilines is 1. The van der Waals surface area contributed by atoms with Crippen molar-refractivity contribution in [2.24, 2.45) is 0 Å². The fraction of sp³-hybridized carbons (Fsp3) is 0.538. The van der Waals surface area contributed by atoms with E-state index >= 15 is 0 Å². The number of aromatic nitrogens is 1. The molecule has 2 N–H and O–H groups in total. The average molecular weight is 232 g/mol. The van der Waals surface area contributed by atoms with Crippen molar-refractivity contribution in [3.63, 3.8) is 0 Å². The lowest BCUT2D eigenvalue weighted by atomic mass is 9.84. The minimum absolute atomic E-state index is 0.129. The molecule has 3 rings (SSSR count). The number of fused-ring (bicyclic) bond motifs is 2. The molecule has 0 unspecified atom stereocenters. The first-order valence-corrected chi connectivity index (χ1v) is 6.25. The molecule has 0 aromatic carbocycles. The summed E-state index contributed by atoms with van der Waals surface area (Å²) in [5.74, 6) is 1.64. The molecule has 0 aliphatic heterocycles. The van der Waals surface area contributed by atoms with Crippen LogP contribution in [-0.4, -0.2) is 10.9 Å². The molecule has 0 bridgehead atoms. The zero-order valence-corrected chi connectivity index (χ0v) is 9.95. The van der Waals surface area contributed by atoms with Gasteiger partial charge in [0.2, 0.25) is 0 Å². The Kier molecular flexibility index (Phi) is 2.31. The maximum Gasteiger partial charge on any atom is 0.171 e. The van der Waals surface area contributed by atoms with Gasteiger partial charge in [-0.15, -0.1) is 0 Å². The third-order valence-electron chi connectivity index (χ3n) is 3.76. The second-order valence-corrected chi connectivity index (χ2v) is 4.82. The number of ketones is 1. The van der Waals surface area contributed by atoms with Crippen LogP contribution in [0.15, 0.2) is 10.1 Å². The van der Waals surface area contributed by atoms with Gasteiger partial charge < -0.3 is 10.3 Å². The molecule has 1 heterocycles. The number of rotatable bonds is 2. The quantitative estimate of drug-likeness (QED) is 0.851. The number of nitrogens with zero attached hydrogens (tertiary/aromatic N) is 1. The van der Waals surface area contributed by atoms with Gasteiger partial charge in [0.1, 0.15) is 0 Å². The molecule has 2 aliphatic carbocycles. The van der Waals surface area contributed by atoms with Gasteiger partial charge in [0, 0.05) is 23.5 Å². The van der Waals surface area contributed by atoms with Gasteiger partial charge in [0.25, 0.3) is 0 Å². The Bertz CT molecular complexity index is 513. The second kappa shape index (κ2) is 3.72. The van der Waals surface area contributed by atoms with E-state index in [9.17, 15) is 4.79 Å². The molecular formula is C13H16N2O2. The van der Waals surface area contributed by atoms with Crippen LogP contribution < -0.4 is 5.73 Å². The molecule has 0 amide bonds. The minimum atomic E-state index is 0.129. The molecule has 0 spiro atoms. The van der Waals surface area contributed by atoms with Gasteiger partial charge in [-0.2, -0.15) is 0 Å². The molecule has 0 saturated heterocycles. The van der Waals surface area contributed by atoms with Crippen LogP contribution in [0.3, 0.4) is 0 Å². The van der Waals surface area contributed by atoms with E-state index in [0.717, 1.165) is 48.2 Å². The maximum atomic E-state index is 12.1. The predicted molar refractivity (Wildman–Crippen MR) is 64.3 cm³/mol. The van der Waals surface area contributed by atoms with Gasteiger partial charge in [-0.25, -0.2) is 0 Å². The van der Waals surface area contributed by atoms with E-state index in [2.05, 4.69) is 12.1 Å². The average Bonchev–Trinajstić information content (AvgIpc) is 2.82. The minimum Gasteiger partial charge on any atom is -0.381 e. The number of Topliss-reactive ketones (excluding diaryl/α,β-unsaturated/α-hetero) is 1. The fourth-order valence-corrected chi connectivity index (χ4v) is 3.09. The van der Waals surface area contributed by atoms with Crippen LogP contribution in [0, 0.1) is 0 Å². The third kappa shape index (κ3) is 1.36. The Morgan fingerprint density at radius 3 is 3.06 bits per heavy atom. The number of allylic oxidation sites excluding steroid dienone is 2. The highest BCUT2D eigenvalue weighted by Gasteiger charge is 2.40. The number of nitrogen functional groups attached to an aromatic ring is 1. The third-order valence-corrected chi connectivity index (χ3v) is 3.76. The van der Waals surface area contributed by atoms with Crippen molar-refractivity contribution in [1.82, 2.24) is 5.16 Å². The molecule has 0 radical (unpaired) electrons. The molecular weight excluding hydrogens is 216 g/mol. The van der Waals surface area contributed by atoms with Crippen LogP contribution in [0.25, 0.3) is 5.57 Å². The number of nitrogens with two attached hydrogens (primary N) is 1. The Labute approximate surface area is 99.8 Å². The van der Waals surface area contributed by atoms with E-state index in [1.54, 1.807) is 0 Å².